The van der Waals surface area contributed by atoms with Crippen LogP contribution >= 0.6 is 11.8 Å². The summed E-state index contributed by atoms with van der Waals surface area (Å²) in [6.45, 7) is 2.34. The monoisotopic (exact) mass is 492 g/mol. The SMILES string of the molecule is CC1(C2CCCCC2)Cc2ccccc2-c2nc(SCc3ccccc3)n(-c3ccccc3)c(=O)c21. The van der Waals surface area contributed by atoms with E-state index in [1.165, 1.54) is 43.2 Å². The van der Waals surface area contributed by atoms with Crippen LogP contribution in [-0.2, 0) is 17.6 Å². The summed E-state index contributed by atoms with van der Waals surface area (Å²) in [5.74, 6) is 1.26. The van der Waals surface area contributed by atoms with E-state index < -0.39 is 0 Å². The summed E-state index contributed by atoms with van der Waals surface area (Å²) in [5, 5.41) is 0.761. The van der Waals surface area contributed by atoms with Crippen molar-refractivity contribution in [1.82, 2.24) is 9.55 Å². The van der Waals surface area contributed by atoms with Gasteiger partial charge in [-0.3, -0.25) is 9.36 Å². The molecule has 0 N–H and O–H groups in total. The quantitative estimate of drug-likeness (QED) is 0.213. The van der Waals surface area contributed by atoms with Crippen molar-refractivity contribution in [2.75, 3.05) is 0 Å². The molecule has 1 saturated carbocycles. The second-order valence-corrected chi connectivity index (χ2v) is 11.4. The number of hydrogen-bond donors (Lipinski definition) is 0. The van der Waals surface area contributed by atoms with Crippen molar-refractivity contribution < 1.29 is 0 Å². The van der Waals surface area contributed by atoms with E-state index in [1.54, 1.807) is 11.8 Å². The van der Waals surface area contributed by atoms with Gasteiger partial charge in [0.2, 0.25) is 0 Å². The van der Waals surface area contributed by atoms with E-state index in [9.17, 15) is 4.79 Å². The van der Waals surface area contributed by atoms with Gasteiger partial charge in [-0.2, -0.15) is 0 Å². The molecule has 3 aromatic carbocycles. The number of thioether (sulfide) groups is 1. The zero-order valence-electron chi connectivity index (χ0n) is 20.8. The molecule has 182 valence electrons. The van der Waals surface area contributed by atoms with Gasteiger partial charge in [0, 0.05) is 16.7 Å². The molecule has 1 atom stereocenters. The van der Waals surface area contributed by atoms with Crippen LogP contribution in [0.3, 0.4) is 0 Å². The Bertz CT molecular complexity index is 1420. The normalized spacial score (nSPS) is 19.5. The molecule has 36 heavy (non-hydrogen) atoms. The first-order chi connectivity index (χ1) is 17.6. The van der Waals surface area contributed by atoms with Gasteiger partial charge in [0.15, 0.2) is 5.16 Å². The minimum Gasteiger partial charge on any atom is -0.268 e. The smallest absolute Gasteiger partial charge is 0.263 e. The van der Waals surface area contributed by atoms with Crippen molar-refractivity contribution in [3.63, 3.8) is 0 Å². The van der Waals surface area contributed by atoms with E-state index in [-0.39, 0.29) is 11.0 Å². The minimum absolute atomic E-state index is 0.101. The Balaban J connectivity index is 1.58. The Morgan fingerprint density at radius 1 is 0.889 bits per heavy atom. The van der Waals surface area contributed by atoms with E-state index in [2.05, 4.69) is 55.5 Å². The minimum atomic E-state index is -0.215. The van der Waals surface area contributed by atoms with Gasteiger partial charge in [-0.1, -0.05) is 111 Å². The predicted octanol–water partition coefficient (Wildman–Crippen LogP) is 7.59. The summed E-state index contributed by atoms with van der Waals surface area (Å²) in [5.41, 5.74) is 6.26. The van der Waals surface area contributed by atoms with Gasteiger partial charge in [0.05, 0.1) is 16.9 Å². The van der Waals surface area contributed by atoms with E-state index in [4.69, 9.17) is 4.98 Å². The number of hydrogen-bond acceptors (Lipinski definition) is 3. The fourth-order valence-corrected chi connectivity index (χ4v) is 7.27. The third-order valence-electron chi connectivity index (χ3n) is 8.19. The molecule has 2 aliphatic carbocycles. The second kappa shape index (κ2) is 9.74. The molecule has 3 nitrogen and oxygen atoms in total. The lowest BCUT2D eigenvalue weighted by molar-refractivity contribution is 0.212. The summed E-state index contributed by atoms with van der Waals surface area (Å²) in [4.78, 5) is 19.9. The molecule has 1 heterocycles. The first-order valence-corrected chi connectivity index (χ1v) is 14.1. The lowest BCUT2D eigenvalue weighted by Crippen LogP contribution is -2.45. The zero-order valence-corrected chi connectivity index (χ0v) is 21.6. The molecule has 4 heteroatoms. The maximum atomic E-state index is 14.6. The maximum absolute atomic E-state index is 14.6. The van der Waals surface area contributed by atoms with Crippen LogP contribution in [0, 0.1) is 5.92 Å². The molecular weight excluding hydrogens is 460 g/mol. The molecule has 1 aromatic heterocycles. The summed E-state index contributed by atoms with van der Waals surface area (Å²) >= 11 is 1.64. The molecule has 0 spiro atoms. The van der Waals surface area contributed by atoms with E-state index in [0.29, 0.717) is 5.92 Å². The fraction of sp³-hybridized carbons (Fsp3) is 0.312. The van der Waals surface area contributed by atoms with Gasteiger partial charge in [0.25, 0.3) is 5.56 Å². The third kappa shape index (κ3) is 4.12. The highest BCUT2D eigenvalue weighted by Crippen LogP contribution is 2.49. The first-order valence-electron chi connectivity index (χ1n) is 13.1. The Kier molecular flexibility index (Phi) is 6.30. The number of para-hydroxylation sites is 1. The van der Waals surface area contributed by atoms with Crippen LogP contribution in [0.2, 0.25) is 0 Å². The van der Waals surface area contributed by atoms with Crippen LogP contribution in [0.25, 0.3) is 16.9 Å². The van der Waals surface area contributed by atoms with Gasteiger partial charge in [-0.15, -0.1) is 0 Å². The molecule has 1 fully saturated rings. The largest absolute Gasteiger partial charge is 0.268 e. The molecule has 0 saturated heterocycles. The maximum Gasteiger partial charge on any atom is 0.263 e. The van der Waals surface area contributed by atoms with Crippen molar-refractivity contribution in [3.05, 3.63) is 112 Å². The molecule has 0 bridgehead atoms. The number of aromatic nitrogens is 2. The first kappa shape index (κ1) is 23.3. The van der Waals surface area contributed by atoms with Crippen molar-refractivity contribution in [1.29, 1.82) is 0 Å². The van der Waals surface area contributed by atoms with Crippen molar-refractivity contribution in [3.8, 4) is 16.9 Å². The summed E-state index contributed by atoms with van der Waals surface area (Å²) in [6.07, 6.45) is 7.09. The standard InChI is InChI=1S/C32H32N2OS/c1-32(25-16-7-3-8-17-25)21-24-15-11-12-20-27(24)29-28(32)30(35)34(26-18-9-4-10-19-26)31(33-29)36-22-23-13-5-2-6-14-23/h2,4-6,9-15,18-20,25H,3,7-8,16-17,21-22H2,1H3. The molecule has 0 amide bonds. The Hall–Kier alpha value is -3.11. The Morgan fingerprint density at radius 2 is 1.56 bits per heavy atom. The molecule has 6 rings (SSSR count). The molecule has 0 radical (unpaired) electrons. The van der Waals surface area contributed by atoms with Crippen molar-refractivity contribution in [2.45, 2.75) is 61.8 Å². The van der Waals surface area contributed by atoms with Crippen LogP contribution in [0.1, 0.15) is 55.7 Å². The van der Waals surface area contributed by atoms with Gasteiger partial charge >= 0.3 is 0 Å². The number of benzene rings is 3. The van der Waals surface area contributed by atoms with Gasteiger partial charge in [-0.05, 0) is 48.4 Å². The predicted molar refractivity (Wildman–Crippen MR) is 149 cm³/mol. The summed E-state index contributed by atoms with van der Waals surface area (Å²) in [7, 11) is 0. The summed E-state index contributed by atoms with van der Waals surface area (Å²) in [6, 6.07) is 29.1. The highest BCUT2D eigenvalue weighted by atomic mass is 32.2. The van der Waals surface area contributed by atoms with Crippen LogP contribution < -0.4 is 5.56 Å². The van der Waals surface area contributed by atoms with Gasteiger partial charge < -0.3 is 0 Å². The van der Waals surface area contributed by atoms with E-state index in [1.807, 2.05) is 41.0 Å². The lowest BCUT2D eigenvalue weighted by Gasteiger charge is -2.44. The lowest BCUT2D eigenvalue weighted by atomic mass is 9.60. The highest BCUT2D eigenvalue weighted by Gasteiger charge is 2.45. The van der Waals surface area contributed by atoms with Crippen LogP contribution in [-0.4, -0.2) is 9.55 Å². The van der Waals surface area contributed by atoms with Crippen LogP contribution in [0.5, 0.6) is 0 Å². The van der Waals surface area contributed by atoms with Crippen molar-refractivity contribution in [2.24, 2.45) is 5.92 Å². The molecule has 1 unspecified atom stereocenters. The second-order valence-electron chi connectivity index (χ2n) is 10.5. The zero-order chi connectivity index (χ0) is 24.5. The van der Waals surface area contributed by atoms with E-state index in [0.717, 1.165) is 39.8 Å². The Morgan fingerprint density at radius 3 is 2.31 bits per heavy atom. The molecular formula is C32H32N2OS. The average molecular weight is 493 g/mol. The average Bonchev–Trinajstić information content (AvgIpc) is 2.93. The topological polar surface area (TPSA) is 34.9 Å². The molecule has 4 aromatic rings. The third-order valence-corrected chi connectivity index (χ3v) is 9.19. The summed E-state index contributed by atoms with van der Waals surface area (Å²) < 4.78 is 1.88. The fourth-order valence-electron chi connectivity index (χ4n) is 6.31. The van der Waals surface area contributed by atoms with Crippen molar-refractivity contribution >= 4 is 11.8 Å². The molecule has 0 aliphatic heterocycles. The molecule has 2 aliphatic rings. The van der Waals surface area contributed by atoms with Gasteiger partial charge in [0.1, 0.15) is 0 Å². The number of fused-ring (bicyclic) bond motifs is 3. The Labute approximate surface area is 217 Å². The van der Waals surface area contributed by atoms with Crippen LogP contribution in [0.4, 0.5) is 0 Å². The van der Waals surface area contributed by atoms with Gasteiger partial charge in [-0.25, -0.2) is 4.98 Å². The number of nitrogens with zero attached hydrogens (tertiary/aromatic N) is 2. The number of rotatable bonds is 5. The highest BCUT2D eigenvalue weighted by molar-refractivity contribution is 7.98. The van der Waals surface area contributed by atoms with Crippen LogP contribution in [0.15, 0.2) is 94.9 Å². The van der Waals surface area contributed by atoms with E-state index >= 15 is 0 Å².